The summed E-state index contributed by atoms with van der Waals surface area (Å²) in [6.45, 7) is 9.89. The molecule has 110 valence electrons. The van der Waals surface area contributed by atoms with Gasteiger partial charge in [0.05, 0.1) is 13.7 Å². The predicted molar refractivity (Wildman–Crippen MR) is 96.2 cm³/mol. The van der Waals surface area contributed by atoms with Crippen molar-refractivity contribution in [3.05, 3.63) is 72.1 Å². The monoisotopic (exact) mass is 309 g/mol. The molecule has 1 unspecified atom stereocenters. The van der Waals surface area contributed by atoms with E-state index in [0.29, 0.717) is 6.54 Å². The molecule has 0 radical (unpaired) electrons. The van der Waals surface area contributed by atoms with Crippen molar-refractivity contribution in [1.29, 1.82) is 0 Å². The second-order valence-electron chi connectivity index (χ2n) is 3.95. The maximum Gasteiger partial charge on any atom is 0.115 e. The Bertz CT molecular complexity index is 434. The van der Waals surface area contributed by atoms with Crippen molar-refractivity contribution in [2.75, 3.05) is 13.7 Å². The number of thiol groups is 2. The molecule has 0 spiro atoms. The van der Waals surface area contributed by atoms with Crippen LogP contribution in [0.2, 0.25) is 0 Å². The minimum atomic E-state index is 0.0753. The molecule has 0 aliphatic heterocycles. The molecule has 0 fully saturated rings. The smallest absolute Gasteiger partial charge is 0.115 e. The van der Waals surface area contributed by atoms with Gasteiger partial charge in [-0.1, -0.05) is 30.9 Å². The molecule has 0 saturated carbocycles. The second-order valence-corrected chi connectivity index (χ2v) is 5.06. The Kier molecular flexibility index (Phi) is 10.8. The predicted octanol–water partition coefficient (Wildman–Crippen LogP) is 4.05. The fourth-order valence-electron chi connectivity index (χ4n) is 1.12. The highest BCUT2D eigenvalue weighted by Crippen LogP contribution is 2.04. The summed E-state index contributed by atoms with van der Waals surface area (Å²) in [7, 11) is 1.64. The molecule has 0 amide bonds. The van der Waals surface area contributed by atoms with Crippen molar-refractivity contribution >= 4 is 25.3 Å². The summed E-state index contributed by atoms with van der Waals surface area (Å²) in [5.74, 6) is 0.813. The van der Waals surface area contributed by atoms with Gasteiger partial charge in [0.2, 0.25) is 0 Å². The Balaban J connectivity index is 4.43. The third-order valence-electron chi connectivity index (χ3n) is 2.35. The van der Waals surface area contributed by atoms with Crippen LogP contribution in [-0.4, -0.2) is 18.9 Å². The van der Waals surface area contributed by atoms with E-state index in [1.807, 2.05) is 37.3 Å². The van der Waals surface area contributed by atoms with Crippen LogP contribution in [0, 0.1) is 0 Å². The molecule has 0 bridgehead atoms. The van der Waals surface area contributed by atoms with Crippen molar-refractivity contribution < 1.29 is 4.74 Å². The Morgan fingerprint density at radius 2 is 2.00 bits per heavy atom. The summed E-state index contributed by atoms with van der Waals surface area (Å²) in [5, 5.41) is 3.33. The molecule has 1 atom stereocenters. The van der Waals surface area contributed by atoms with Crippen molar-refractivity contribution in [1.82, 2.24) is 5.32 Å². The van der Waals surface area contributed by atoms with Gasteiger partial charge in [0, 0.05) is 15.9 Å². The standard InChI is InChI=1S/C16H23NOS2/c1-5-15(19)9-7-8-13(3)17-12-14(18-4)10-11-16(20)6-2/h5-11,15,17,19-20H,1-2,12H2,3-4H3/b9-7?,13-8+,14-10-,16-11+. The fourth-order valence-corrected chi connectivity index (χ4v) is 1.30. The molecule has 0 aromatic rings. The summed E-state index contributed by atoms with van der Waals surface area (Å²) in [6.07, 6.45) is 13.0. The average molecular weight is 310 g/mol. The van der Waals surface area contributed by atoms with E-state index in [2.05, 4.69) is 43.7 Å². The average Bonchev–Trinajstić information content (AvgIpc) is 2.46. The first-order chi connectivity index (χ1) is 9.53. The van der Waals surface area contributed by atoms with E-state index in [1.54, 1.807) is 19.3 Å². The van der Waals surface area contributed by atoms with Gasteiger partial charge in [0.25, 0.3) is 0 Å². The summed E-state index contributed by atoms with van der Waals surface area (Å²) in [5.41, 5.74) is 1.03. The van der Waals surface area contributed by atoms with Gasteiger partial charge in [0.15, 0.2) is 0 Å². The molecule has 2 nitrogen and oxygen atoms in total. The Hall–Kier alpha value is -1.26. The highest BCUT2D eigenvalue weighted by molar-refractivity contribution is 7.84. The molecule has 4 heteroatoms. The third-order valence-corrected chi connectivity index (χ3v) is 3.06. The van der Waals surface area contributed by atoms with Crippen LogP contribution in [0.5, 0.6) is 0 Å². The van der Waals surface area contributed by atoms with Crippen LogP contribution in [0.25, 0.3) is 0 Å². The minimum absolute atomic E-state index is 0.0753. The molecule has 1 N–H and O–H groups in total. The summed E-state index contributed by atoms with van der Waals surface area (Å²) in [4.78, 5) is 0.791. The van der Waals surface area contributed by atoms with Crippen LogP contribution in [-0.2, 0) is 4.74 Å². The zero-order chi connectivity index (χ0) is 15.4. The number of methoxy groups -OCH3 is 1. The number of rotatable bonds is 9. The summed E-state index contributed by atoms with van der Waals surface area (Å²) >= 11 is 8.50. The summed E-state index contributed by atoms with van der Waals surface area (Å²) < 4.78 is 5.27. The Labute approximate surface area is 133 Å². The van der Waals surface area contributed by atoms with Crippen LogP contribution in [0.3, 0.4) is 0 Å². The zero-order valence-electron chi connectivity index (χ0n) is 12.0. The topological polar surface area (TPSA) is 21.3 Å². The van der Waals surface area contributed by atoms with Gasteiger partial charge in [0.1, 0.15) is 5.76 Å². The number of allylic oxidation sites excluding steroid dienone is 6. The van der Waals surface area contributed by atoms with Gasteiger partial charge in [-0.25, -0.2) is 0 Å². The van der Waals surface area contributed by atoms with E-state index in [9.17, 15) is 0 Å². The van der Waals surface area contributed by atoms with Crippen molar-refractivity contribution in [3.8, 4) is 0 Å². The normalized spacial score (nSPS) is 15.1. The first-order valence-electron chi connectivity index (χ1n) is 6.19. The van der Waals surface area contributed by atoms with Crippen molar-refractivity contribution in [2.45, 2.75) is 12.2 Å². The maximum absolute atomic E-state index is 5.27. The first kappa shape index (κ1) is 18.7. The highest BCUT2D eigenvalue weighted by Gasteiger charge is 1.95. The van der Waals surface area contributed by atoms with Crippen LogP contribution in [0.1, 0.15) is 6.92 Å². The van der Waals surface area contributed by atoms with Crippen LogP contribution < -0.4 is 5.32 Å². The van der Waals surface area contributed by atoms with Crippen molar-refractivity contribution in [3.63, 3.8) is 0 Å². The van der Waals surface area contributed by atoms with E-state index in [1.165, 1.54) is 0 Å². The lowest BCUT2D eigenvalue weighted by Gasteiger charge is -2.08. The molecule has 0 rings (SSSR count). The number of nitrogens with one attached hydrogen (secondary N) is 1. The second kappa shape index (κ2) is 11.6. The van der Waals surface area contributed by atoms with E-state index in [-0.39, 0.29) is 5.25 Å². The van der Waals surface area contributed by atoms with Gasteiger partial charge in [-0.3, -0.25) is 0 Å². The van der Waals surface area contributed by atoms with E-state index >= 15 is 0 Å². The highest BCUT2D eigenvalue weighted by atomic mass is 32.1. The fraction of sp³-hybridized carbons (Fsp3) is 0.250. The number of hydrogen-bond acceptors (Lipinski definition) is 4. The maximum atomic E-state index is 5.27. The lowest BCUT2D eigenvalue weighted by molar-refractivity contribution is 0.282. The molecule has 0 aliphatic rings. The van der Waals surface area contributed by atoms with Gasteiger partial charge >= 0.3 is 0 Å². The molecular formula is C16H23NOS2. The zero-order valence-corrected chi connectivity index (χ0v) is 13.8. The lowest BCUT2D eigenvalue weighted by atomic mass is 10.3. The van der Waals surface area contributed by atoms with E-state index < -0.39 is 0 Å². The lowest BCUT2D eigenvalue weighted by Crippen LogP contribution is -2.15. The van der Waals surface area contributed by atoms with Gasteiger partial charge in [-0.2, -0.15) is 12.6 Å². The largest absolute Gasteiger partial charge is 0.499 e. The van der Waals surface area contributed by atoms with Crippen molar-refractivity contribution in [2.24, 2.45) is 0 Å². The van der Waals surface area contributed by atoms with Crippen LogP contribution >= 0.6 is 25.3 Å². The molecule has 0 aromatic carbocycles. The molecular weight excluding hydrogens is 286 g/mol. The quantitative estimate of drug-likeness (QED) is 0.259. The van der Waals surface area contributed by atoms with Gasteiger partial charge in [-0.05, 0) is 25.2 Å². The summed E-state index contributed by atoms with van der Waals surface area (Å²) in [6, 6.07) is 0. The number of hydrogen-bond donors (Lipinski definition) is 3. The minimum Gasteiger partial charge on any atom is -0.499 e. The first-order valence-corrected chi connectivity index (χ1v) is 7.15. The Morgan fingerprint density at radius 3 is 2.55 bits per heavy atom. The third kappa shape index (κ3) is 9.64. The van der Waals surface area contributed by atoms with Crippen LogP contribution in [0.15, 0.2) is 72.1 Å². The van der Waals surface area contributed by atoms with Crippen LogP contribution in [0.4, 0.5) is 0 Å². The van der Waals surface area contributed by atoms with E-state index in [4.69, 9.17) is 4.74 Å². The molecule has 0 saturated heterocycles. The Morgan fingerprint density at radius 1 is 1.30 bits per heavy atom. The van der Waals surface area contributed by atoms with Gasteiger partial charge < -0.3 is 10.1 Å². The molecule has 0 aliphatic carbocycles. The SMILES string of the molecule is C=C/C(S)=C\C=C(\CN/C(C)=C/C=CC(S)C=C)OC. The molecule has 20 heavy (non-hydrogen) atoms. The molecule has 0 heterocycles. The number of ether oxygens (including phenoxy) is 1. The van der Waals surface area contributed by atoms with Gasteiger partial charge in [-0.15, -0.1) is 19.2 Å². The molecule has 0 aromatic heterocycles. The van der Waals surface area contributed by atoms with E-state index in [0.717, 1.165) is 16.4 Å².